The fraction of sp³-hybridized carbons (Fsp3) is 0.440. The second-order valence-electron chi connectivity index (χ2n) is 18.7. The third kappa shape index (κ3) is 7.40. The molecule has 2 aliphatic rings. The summed E-state index contributed by atoms with van der Waals surface area (Å²) in [5.41, 5.74) is 15.0. The standard InChI is InChI=1S/C50H62O2S/c1-13-37-29-35(27-33(3)39-17-19-41-43(31-39)49(9,10)25-23-47(41,5)6)15-21-45(37)53(51,52)46-22-16-36(30-38(46)14-2)28-34(4)40-18-20-42-44(32-40)50(11,12)26-24-48(42,7)8/h15-22,27-32H,13-14,23-26H2,1-12H3. The van der Waals surface area contributed by atoms with Crippen molar-refractivity contribution in [1.29, 1.82) is 0 Å². The molecule has 4 aromatic rings. The zero-order chi connectivity index (χ0) is 38.7. The fourth-order valence-corrected chi connectivity index (χ4v) is 10.7. The summed E-state index contributed by atoms with van der Waals surface area (Å²) in [5.74, 6) is 0. The molecule has 0 atom stereocenters. The molecule has 0 saturated carbocycles. The first-order valence-corrected chi connectivity index (χ1v) is 21.4. The molecule has 0 aromatic heterocycles. The Morgan fingerprint density at radius 3 is 1.19 bits per heavy atom. The highest BCUT2D eigenvalue weighted by Gasteiger charge is 2.38. The smallest absolute Gasteiger partial charge is 0.207 e. The summed E-state index contributed by atoms with van der Waals surface area (Å²) < 4.78 is 28.7. The molecule has 2 nitrogen and oxygen atoms in total. The second kappa shape index (κ2) is 13.9. The Labute approximate surface area is 321 Å². The van der Waals surface area contributed by atoms with Crippen molar-refractivity contribution in [3.8, 4) is 0 Å². The second-order valence-corrected chi connectivity index (χ2v) is 20.5. The summed E-state index contributed by atoms with van der Waals surface area (Å²) in [6, 6.07) is 25.7. The summed E-state index contributed by atoms with van der Waals surface area (Å²) >= 11 is 0. The summed E-state index contributed by atoms with van der Waals surface area (Å²) in [4.78, 5) is 0.808. The van der Waals surface area contributed by atoms with Crippen LogP contribution in [0.5, 0.6) is 0 Å². The topological polar surface area (TPSA) is 34.1 Å². The lowest BCUT2D eigenvalue weighted by molar-refractivity contribution is 0.332. The molecule has 0 unspecified atom stereocenters. The van der Waals surface area contributed by atoms with E-state index in [-0.39, 0.29) is 21.7 Å². The monoisotopic (exact) mass is 726 g/mol. The van der Waals surface area contributed by atoms with Crippen LogP contribution in [0.2, 0.25) is 0 Å². The Bertz CT molecular complexity index is 2080. The molecule has 4 aromatic carbocycles. The van der Waals surface area contributed by atoms with Gasteiger partial charge in [-0.3, -0.25) is 0 Å². The van der Waals surface area contributed by atoms with Gasteiger partial charge in [0.1, 0.15) is 0 Å². The van der Waals surface area contributed by atoms with Crippen LogP contribution in [0.1, 0.15) is 164 Å². The maximum Gasteiger partial charge on any atom is 0.207 e. The van der Waals surface area contributed by atoms with E-state index in [2.05, 4.69) is 130 Å². The Morgan fingerprint density at radius 2 is 0.849 bits per heavy atom. The molecule has 0 bridgehead atoms. The normalized spacial score (nSPS) is 19.0. The van der Waals surface area contributed by atoms with Crippen LogP contribution in [-0.2, 0) is 44.3 Å². The molecular formula is C50H62O2S. The first-order chi connectivity index (χ1) is 24.7. The van der Waals surface area contributed by atoms with Gasteiger partial charge in [0.2, 0.25) is 9.84 Å². The molecule has 0 heterocycles. The summed E-state index contributed by atoms with van der Waals surface area (Å²) in [6.07, 6.45) is 10.4. The van der Waals surface area contributed by atoms with Gasteiger partial charge < -0.3 is 0 Å². The van der Waals surface area contributed by atoms with E-state index in [4.69, 9.17) is 0 Å². The van der Waals surface area contributed by atoms with Gasteiger partial charge in [-0.15, -0.1) is 0 Å². The summed E-state index contributed by atoms with van der Waals surface area (Å²) in [5, 5.41) is 0. The number of benzene rings is 4. The molecule has 0 fully saturated rings. The van der Waals surface area contributed by atoms with E-state index in [1.165, 1.54) is 70.2 Å². The van der Waals surface area contributed by atoms with Crippen molar-refractivity contribution in [3.63, 3.8) is 0 Å². The predicted molar refractivity (Wildman–Crippen MR) is 228 cm³/mol. The van der Waals surface area contributed by atoms with Crippen molar-refractivity contribution in [2.75, 3.05) is 0 Å². The van der Waals surface area contributed by atoms with Crippen molar-refractivity contribution in [2.24, 2.45) is 0 Å². The lowest BCUT2D eigenvalue weighted by atomic mass is 9.63. The highest BCUT2D eigenvalue weighted by atomic mass is 32.2. The molecule has 53 heavy (non-hydrogen) atoms. The average molecular weight is 727 g/mol. The van der Waals surface area contributed by atoms with Crippen LogP contribution >= 0.6 is 0 Å². The maximum atomic E-state index is 14.4. The zero-order valence-electron chi connectivity index (χ0n) is 34.6. The van der Waals surface area contributed by atoms with Crippen LogP contribution in [0.25, 0.3) is 23.3 Å². The summed E-state index contributed by atoms with van der Waals surface area (Å²) in [7, 11) is -3.73. The van der Waals surface area contributed by atoms with E-state index in [1.807, 2.05) is 38.1 Å². The van der Waals surface area contributed by atoms with Crippen molar-refractivity contribution in [1.82, 2.24) is 0 Å². The molecule has 2 aliphatic carbocycles. The molecule has 0 saturated heterocycles. The van der Waals surface area contributed by atoms with E-state index in [0.717, 1.165) is 22.3 Å². The number of allylic oxidation sites excluding steroid dienone is 2. The SMILES string of the molecule is CCc1cc(C=C(C)c2ccc3c(c2)C(C)(C)CCC3(C)C)ccc1S(=O)(=O)c1ccc(C=C(C)c2ccc3c(c2)C(C)(C)CCC3(C)C)cc1CC. The highest BCUT2D eigenvalue weighted by Crippen LogP contribution is 2.48. The van der Waals surface area contributed by atoms with Crippen LogP contribution < -0.4 is 0 Å². The molecule has 0 amide bonds. The van der Waals surface area contributed by atoms with E-state index < -0.39 is 9.84 Å². The van der Waals surface area contributed by atoms with Crippen LogP contribution in [-0.4, -0.2) is 8.42 Å². The van der Waals surface area contributed by atoms with Gasteiger partial charge in [-0.05, 0) is 153 Å². The average Bonchev–Trinajstić information content (AvgIpc) is 3.11. The van der Waals surface area contributed by atoms with Gasteiger partial charge in [0.15, 0.2) is 0 Å². The van der Waals surface area contributed by atoms with E-state index >= 15 is 0 Å². The molecule has 0 radical (unpaired) electrons. The van der Waals surface area contributed by atoms with Crippen molar-refractivity contribution < 1.29 is 8.42 Å². The number of rotatable bonds is 8. The van der Waals surface area contributed by atoms with Gasteiger partial charge >= 0.3 is 0 Å². The largest absolute Gasteiger partial charge is 0.218 e. The third-order valence-electron chi connectivity index (χ3n) is 12.9. The first-order valence-electron chi connectivity index (χ1n) is 19.9. The molecular weight excluding hydrogens is 665 g/mol. The quantitative estimate of drug-likeness (QED) is 0.169. The third-order valence-corrected chi connectivity index (χ3v) is 14.8. The predicted octanol–water partition coefficient (Wildman–Crippen LogP) is 13.5. The van der Waals surface area contributed by atoms with Crippen molar-refractivity contribution in [3.05, 3.63) is 128 Å². The van der Waals surface area contributed by atoms with Gasteiger partial charge in [0, 0.05) is 0 Å². The van der Waals surface area contributed by atoms with Gasteiger partial charge in [-0.1, -0.05) is 142 Å². The van der Waals surface area contributed by atoms with Crippen LogP contribution in [0, 0.1) is 0 Å². The van der Waals surface area contributed by atoms with Crippen molar-refractivity contribution >= 4 is 33.1 Å². The Balaban J connectivity index is 1.29. The van der Waals surface area contributed by atoms with Crippen molar-refractivity contribution in [2.45, 2.75) is 153 Å². The number of hydrogen-bond donors (Lipinski definition) is 0. The molecule has 0 spiro atoms. The van der Waals surface area contributed by atoms with Gasteiger partial charge in [-0.2, -0.15) is 0 Å². The minimum atomic E-state index is -3.73. The lowest BCUT2D eigenvalue weighted by Crippen LogP contribution is -2.33. The van der Waals surface area contributed by atoms with Gasteiger partial charge in [0.05, 0.1) is 9.79 Å². The number of aryl methyl sites for hydroxylation is 2. The number of hydrogen-bond acceptors (Lipinski definition) is 2. The lowest BCUT2D eigenvalue weighted by Gasteiger charge is -2.42. The van der Waals surface area contributed by atoms with Crippen LogP contribution in [0.3, 0.4) is 0 Å². The van der Waals surface area contributed by atoms with Gasteiger partial charge in [0.25, 0.3) is 0 Å². The fourth-order valence-electron chi connectivity index (χ4n) is 8.91. The minimum Gasteiger partial charge on any atom is -0.218 e. The molecule has 0 aliphatic heterocycles. The first kappa shape index (κ1) is 39.0. The van der Waals surface area contributed by atoms with Gasteiger partial charge in [-0.25, -0.2) is 8.42 Å². The van der Waals surface area contributed by atoms with Crippen LogP contribution in [0.4, 0.5) is 0 Å². The Morgan fingerprint density at radius 1 is 0.509 bits per heavy atom. The van der Waals surface area contributed by atoms with E-state index in [0.29, 0.717) is 22.6 Å². The minimum absolute atomic E-state index is 0.147. The Kier molecular flexibility index (Phi) is 10.2. The maximum absolute atomic E-state index is 14.4. The molecule has 6 rings (SSSR count). The zero-order valence-corrected chi connectivity index (χ0v) is 35.4. The molecule has 0 N–H and O–H groups in total. The Hall–Kier alpha value is -3.69. The molecule has 280 valence electrons. The number of fused-ring (bicyclic) bond motifs is 2. The summed E-state index contributed by atoms with van der Waals surface area (Å²) in [6.45, 7) is 27.3. The van der Waals surface area contributed by atoms with E-state index in [1.54, 1.807) is 0 Å². The number of sulfone groups is 1. The van der Waals surface area contributed by atoms with Crippen LogP contribution in [0.15, 0.2) is 82.6 Å². The van der Waals surface area contributed by atoms with E-state index in [9.17, 15) is 8.42 Å². The highest BCUT2D eigenvalue weighted by molar-refractivity contribution is 7.91. The molecule has 3 heteroatoms.